The van der Waals surface area contributed by atoms with Crippen molar-refractivity contribution in [3.63, 3.8) is 0 Å². The van der Waals surface area contributed by atoms with Crippen molar-refractivity contribution < 1.29 is 23.1 Å². The number of ether oxygens (including phenoxy) is 1. The van der Waals surface area contributed by atoms with Gasteiger partial charge in [0.25, 0.3) is 0 Å². The number of hydrogen-bond donors (Lipinski definition) is 1. The molecule has 0 radical (unpaired) electrons. The van der Waals surface area contributed by atoms with Gasteiger partial charge in [-0.25, -0.2) is 28.4 Å². The van der Waals surface area contributed by atoms with E-state index in [-0.39, 0.29) is 17.5 Å². The molecule has 0 amide bonds. The Morgan fingerprint density at radius 2 is 1.70 bits per heavy atom. The van der Waals surface area contributed by atoms with Gasteiger partial charge in [-0.05, 0) is 37.3 Å². The maximum absolute atomic E-state index is 12.1. The molecule has 0 saturated carbocycles. The van der Waals surface area contributed by atoms with Crippen molar-refractivity contribution in [2.24, 2.45) is 0 Å². The molecule has 0 aliphatic heterocycles. The molecule has 1 N–H and O–H groups in total. The van der Waals surface area contributed by atoms with Crippen molar-refractivity contribution in [3.05, 3.63) is 71.6 Å². The lowest BCUT2D eigenvalue weighted by atomic mass is 10.1. The SMILES string of the molecule is Cc1nc(COc2ncccn2)sc1-c1cccc(-c2ccc(S(=O)(=O)CC(=O)O)cc2)n1. The maximum atomic E-state index is 12.1. The standard InChI is InChI=1S/C22H18N4O5S2/c1-14-21(32-19(25-14)12-31-22-23-10-3-11-24-22)18-5-2-4-17(26-18)15-6-8-16(9-7-15)33(29,30)13-20(27)28/h2-11H,12-13H2,1H3,(H,27,28). The molecule has 0 fully saturated rings. The van der Waals surface area contributed by atoms with Gasteiger partial charge in [-0.15, -0.1) is 11.3 Å². The molecule has 3 heterocycles. The molecule has 0 bridgehead atoms. The van der Waals surface area contributed by atoms with Gasteiger partial charge in [-0.3, -0.25) is 4.79 Å². The molecule has 9 nitrogen and oxygen atoms in total. The highest BCUT2D eigenvalue weighted by molar-refractivity contribution is 7.92. The minimum Gasteiger partial charge on any atom is -0.480 e. The minimum absolute atomic E-state index is 0.0462. The number of aliphatic carboxylic acids is 1. The number of sulfone groups is 1. The van der Waals surface area contributed by atoms with Gasteiger partial charge in [-0.1, -0.05) is 18.2 Å². The predicted molar refractivity (Wildman–Crippen MR) is 122 cm³/mol. The van der Waals surface area contributed by atoms with Crippen LogP contribution >= 0.6 is 11.3 Å². The molecule has 3 aromatic heterocycles. The van der Waals surface area contributed by atoms with Gasteiger partial charge in [0, 0.05) is 18.0 Å². The molecular weight excluding hydrogens is 464 g/mol. The van der Waals surface area contributed by atoms with Gasteiger partial charge in [0.1, 0.15) is 11.6 Å². The Morgan fingerprint density at radius 3 is 2.39 bits per heavy atom. The van der Waals surface area contributed by atoms with Crippen molar-refractivity contribution in [1.29, 1.82) is 0 Å². The highest BCUT2D eigenvalue weighted by Gasteiger charge is 2.19. The van der Waals surface area contributed by atoms with Crippen LogP contribution in [-0.2, 0) is 21.2 Å². The Labute approximate surface area is 193 Å². The number of carboxylic acid groups (broad SMARTS) is 1. The van der Waals surface area contributed by atoms with E-state index in [0.29, 0.717) is 11.3 Å². The van der Waals surface area contributed by atoms with Gasteiger partial charge >= 0.3 is 12.0 Å². The Balaban J connectivity index is 1.55. The molecule has 0 atom stereocenters. The number of benzene rings is 1. The van der Waals surface area contributed by atoms with Crippen molar-refractivity contribution in [2.45, 2.75) is 18.4 Å². The molecule has 1 aromatic carbocycles. The zero-order valence-corrected chi connectivity index (χ0v) is 19.0. The van der Waals surface area contributed by atoms with Gasteiger partial charge in [0.15, 0.2) is 15.6 Å². The van der Waals surface area contributed by atoms with Crippen LogP contribution in [0.2, 0.25) is 0 Å². The summed E-state index contributed by atoms with van der Waals surface area (Å²) in [7, 11) is -3.89. The highest BCUT2D eigenvalue weighted by atomic mass is 32.2. The number of carboxylic acids is 1. The zero-order chi connectivity index (χ0) is 23.4. The lowest BCUT2D eigenvalue weighted by Crippen LogP contribution is -2.15. The van der Waals surface area contributed by atoms with Crippen LogP contribution in [0, 0.1) is 6.92 Å². The second kappa shape index (κ2) is 9.43. The van der Waals surface area contributed by atoms with Crippen LogP contribution in [-0.4, -0.2) is 45.2 Å². The number of pyridine rings is 1. The zero-order valence-electron chi connectivity index (χ0n) is 17.4. The number of aromatic nitrogens is 4. The van der Waals surface area contributed by atoms with E-state index in [1.54, 1.807) is 30.6 Å². The Kier molecular flexibility index (Phi) is 6.43. The first kappa shape index (κ1) is 22.5. The van der Waals surface area contributed by atoms with E-state index in [0.717, 1.165) is 21.3 Å². The number of aryl methyl sites for hydroxylation is 1. The highest BCUT2D eigenvalue weighted by Crippen LogP contribution is 2.31. The monoisotopic (exact) mass is 482 g/mol. The topological polar surface area (TPSA) is 132 Å². The first-order chi connectivity index (χ1) is 15.8. The summed E-state index contributed by atoms with van der Waals surface area (Å²) < 4.78 is 29.8. The fraction of sp³-hybridized carbons (Fsp3) is 0.136. The number of rotatable bonds is 8. The van der Waals surface area contributed by atoms with Gasteiger partial charge in [0.05, 0.1) is 26.9 Å². The number of nitrogens with zero attached hydrogens (tertiary/aromatic N) is 4. The summed E-state index contributed by atoms with van der Waals surface area (Å²) in [6.07, 6.45) is 3.20. The summed E-state index contributed by atoms with van der Waals surface area (Å²) in [5, 5.41) is 9.55. The number of carbonyl (C=O) groups is 1. The van der Waals surface area contributed by atoms with Crippen LogP contribution in [0.3, 0.4) is 0 Å². The third-order valence-corrected chi connectivity index (χ3v) is 7.28. The van der Waals surface area contributed by atoms with Crippen LogP contribution in [0.15, 0.2) is 65.8 Å². The van der Waals surface area contributed by atoms with Crippen LogP contribution in [0.5, 0.6) is 6.01 Å². The Bertz CT molecular complexity index is 1390. The number of hydrogen-bond acceptors (Lipinski definition) is 9. The van der Waals surface area contributed by atoms with E-state index in [1.807, 2.05) is 25.1 Å². The molecular formula is C22H18N4O5S2. The largest absolute Gasteiger partial charge is 0.480 e. The lowest BCUT2D eigenvalue weighted by molar-refractivity contribution is -0.134. The third-order valence-electron chi connectivity index (χ3n) is 4.51. The molecule has 0 aliphatic rings. The fourth-order valence-corrected chi connectivity index (χ4v) is 5.03. The van der Waals surface area contributed by atoms with Crippen molar-refractivity contribution in [3.8, 4) is 27.8 Å². The molecule has 33 heavy (non-hydrogen) atoms. The molecule has 0 spiro atoms. The molecule has 4 aromatic rings. The van der Waals surface area contributed by atoms with Crippen LogP contribution in [0.4, 0.5) is 0 Å². The molecule has 168 valence electrons. The average Bonchev–Trinajstić information content (AvgIpc) is 3.18. The van der Waals surface area contributed by atoms with Crippen molar-refractivity contribution in [1.82, 2.24) is 19.9 Å². The van der Waals surface area contributed by atoms with Crippen molar-refractivity contribution >= 4 is 27.1 Å². The van der Waals surface area contributed by atoms with E-state index in [2.05, 4.69) is 15.0 Å². The van der Waals surface area contributed by atoms with E-state index in [1.165, 1.54) is 23.5 Å². The van der Waals surface area contributed by atoms with Gasteiger partial charge < -0.3 is 9.84 Å². The molecule has 0 unspecified atom stereocenters. The summed E-state index contributed by atoms with van der Waals surface area (Å²) in [5.74, 6) is -2.35. The van der Waals surface area contributed by atoms with Crippen molar-refractivity contribution in [2.75, 3.05) is 5.75 Å². The molecule has 0 aliphatic carbocycles. The van der Waals surface area contributed by atoms with Gasteiger partial charge in [0.2, 0.25) is 0 Å². The van der Waals surface area contributed by atoms with E-state index < -0.39 is 21.6 Å². The molecule has 4 rings (SSSR count). The average molecular weight is 483 g/mol. The quantitative estimate of drug-likeness (QED) is 0.401. The van der Waals surface area contributed by atoms with E-state index in [4.69, 9.17) is 14.8 Å². The second-order valence-corrected chi connectivity index (χ2v) is 10.0. The molecule has 11 heteroatoms. The maximum Gasteiger partial charge on any atom is 0.319 e. The van der Waals surface area contributed by atoms with E-state index in [9.17, 15) is 13.2 Å². The second-order valence-electron chi connectivity index (χ2n) is 6.93. The summed E-state index contributed by atoms with van der Waals surface area (Å²) in [5.41, 5.74) is 2.90. The normalized spacial score (nSPS) is 11.3. The summed E-state index contributed by atoms with van der Waals surface area (Å²) in [6, 6.07) is 13.5. The lowest BCUT2D eigenvalue weighted by Gasteiger charge is -2.06. The smallest absolute Gasteiger partial charge is 0.319 e. The van der Waals surface area contributed by atoms with E-state index >= 15 is 0 Å². The fourth-order valence-electron chi connectivity index (χ4n) is 3.04. The first-order valence-corrected chi connectivity index (χ1v) is 12.2. The molecule has 0 saturated heterocycles. The summed E-state index contributed by atoms with van der Waals surface area (Å²) in [6.45, 7) is 2.13. The summed E-state index contributed by atoms with van der Waals surface area (Å²) >= 11 is 1.46. The minimum atomic E-state index is -3.89. The van der Waals surface area contributed by atoms with Crippen LogP contribution < -0.4 is 4.74 Å². The Hall–Kier alpha value is -3.70. The Morgan fingerprint density at radius 1 is 1.00 bits per heavy atom. The first-order valence-electron chi connectivity index (χ1n) is 9.70. The predicted octanol–water partition coefficient (Wildman–Crippen LogP) is 3.41. The summed E-state index contributed by atoms with van der Waals surface area (Å²) in [4.78, 5) is 28.9. The third kappa shape index (κ3) is 5.38. The van der Waals surface area contributed by atoms with Crippen LogP contribution in [0.25, 0.3) is 21.8 Å². The van der Waals surface area contributed by atoms with Gasteiger partial charge in [-0.2, -0.15) is 0 Å². The number of thiazole rings is 1. The van der Waals surface area contributed by atoms with Crippen LogP contribution in [0.1, 0.15) is 10.7 Å².